The van der Waals surface area contributed by atoms with E-state index in [1.165, 1.54) is 0 Å². The van der Waals surface area contributed by atoms with Crippen molar-refractivity contribution in [2.75, 3.05) is 6.61 Å². The monoisotopic (exact) mass is 174 g/mol. The molecule has 1 atom stereocenters. The molecule has 0 N–H and O–H groups in total. The smallest absolute Gasteiger partial charge is 0.404 e. The van der Waals surface area contributed by atoms with Crippen LogP contribution in [0, 0.1) is 0 Å². The summed E-state index contributed by atoms with van der Waals surface area (Å²) in [6.45, 7) is 4.27. The van der Waals surface area contributed by atoms with Crippen LogP contribution in [-0.4, -0.2) is 19.8 Å². The first kappa shape index (κ1) is 8.54. The van der Waals surface area contributed by atoms with Gasteiger partial charge in [0.15, 0.2) is 0 Å². The Balaban J connectivity index is 2.08. The van der Waals surface area contributed by atoms with Crippen LogP contribution in [0.2, 0.25) is 0 Å². The van der Waals surface area contributed by atoms with E-state index in [0.717, 1.165) is 5.46 Å². The lowest BCUT2D eigenvalue weighted by Gasteiger charge is -2.04. The second-order valence-electron chi connectivity index (χ2n) is 2.99. The van der Waals surface area contributed by atoms with Crippen molar-refractivity contribution in [3.63, 3.8) is 0 Å². The Hall–Kier alpha value is -1.06. The van der Waals surface area contributed by atoms with Crippen LogP contribution in [0.15, 0.2) is 43.0 Å². The molecule has 0 spiro atoms. The van der Waals surface area contributed by atoms with Crippen LogP contribution in [0.1, 0.15) is 0 Å². The summed E-state index contributed by atoms with van der Waals surface area (Å²) < 4.78 is 11.0. The van der Waals surface area contributed by atoms with Crippen molar-refractivity contribution in [1.82, 2.24) is 0 Å². The van der Waals surface area contributed by atoms with Gasteiger partial charge in [0.25, 0.3) is 0 Å². The van der Waals surface area contributed by atoms with Gasteiger partial charge in [-0.2, -0.15) is 0 Å². The fourth-order valence-electron chi connectivity index (χ4n) is 1.33. The molecule has 1 aromatic rings. The van der Waals surface area contributed by atoms with Gasteiger partial charge in [0.1, 0.15) is 0 Å². The molecule has 0 amide bonds. The van der Waals surface area contributed by atoms with Gasteiger partial charge in [-0.3, -0.25) is 0 Å². The van der Waals surface area contributed by atoms with Crippen molar-refractivity contribution in [2.24, 2.45) is 0 Å². The van der Waals surface area contributed by atoms with Crippen molar-refractivity contribution in [3.8, 4) is 0 Å². The van der Waals surface area contributed by atoms with Crippen LogP contribution in [0.25, 0.3) is 0 Å². The summed E-state index contributed by atoms with van der Waals surface area (Å²) >= 11 is 0. The van der Waals surface area contributed by atoms with Crippen LogP contribution < -0.4 is 5.46 Å². The van der Waals surface area contributed by atoms with Gasteiger partial charge in [-0.25, -0.2) is 0 Å². The first-order valence-electron chi connectivity index (χ1n) is 4.34. The SMILES string of the molecule is C=CC1COB(c2ccccc2)O1. The summed E-state index contributed by atoms with van der Waals surface area (Å²) in [6, 6.07) is 9.92. The van der Waals surface area contributed by atoms with E-state index in [1.807, 2.05) is 30.3 Å². The van der Waals surface area contributed by atoms with Crippen molar-refractivity contribution in [3.05, 3.63) is 43.0 Å². The Kier molecular flexibility index (Phi) is 2.48. The molecule has 1 aromatic carbocycles. The Morgan fingerprint density at radius 3 is 2.77 bits per heavy atom. The van der Waals surface area contributed by atoms with Crippen molar-refractivity contribution in [1.29, 1.82) is 0 Å². The van der Waals surface area contributed by atoms with Crippen LogP contribution in [0.5, 0.6) is 0 Å². The van der Waals surface area contributed by atoms with Gasteiger partial charge in [0.2, 0.25) is 0 Å². The Bertz CT molecular complexity index is 286. The van der Waals surface area contributed by atoms with Gasteiger partial charge in [-0.1, -0.05) is 36.4 Å². The van der Waals surface area contributed by atoms with Crippen LogP contribution in [0.3, 0.4) is 0 Å². The van der Waals surface area contributed by atoms with E-state index in [1.54, 1.807) is 6.08 Å². The highest BCUT2D eigenvalue weighted by molar-refractivity contribution is 6.61. The molecule has 66 valence electrons. The zero-order chi connectivity index (χ0) is 9.10. The van der Waals surface area contributed by atoms with E-state index in [-0.39, 0.29) is 13.2 Å². The molecule has 2 nitrogen and oxygen atoms in total. The molecule has 13 heavy (non-hydrogen) atoms. The minimum absolute atomic E-state index is 0.0326. The van der Waals surface area contributed by atoms with Gasteiger partial charge in [-0.15, -0.1) is 6.58 Å². The Labute approximate surface area is 78.3 Å². The van der Waals surface area contributed by atoms with Gasteiger partial charge >= 0.3 is 7.12 Å². The van der Waals surface area contributed by atoms with Crippen molar-refractivity contribution >= 4 is 12.6 Å². The van der Waals surface area contributed by atoms with Gasteiger partial charge < -0.3 is 9.31 Å². The molecule has 2 rings (SSSR count). The quantitative estimate of drug-likeness (QED) is 0.491. The average molecular weight is 174 g/mol. The van der Waals surface area contributed by atoms with E-state index < -0.39 is 0 Å². The predicted molar refractivity (Wildman–Crippen MR) is 52.9 cm³/mol. The first-order chi connectivity index (χ1) is 6.40. The molecule has 1 unspecified atom stereocenters. The summed E-state index contributed by atoms with van der Waals surface area (Å²) in [7, 11) is -0.218. The standard InChI is InChI=1S/C10H11BO2/c1-2-10-8-12-11(13-10)9-6-4-3-5-7-9/h2-7,10H,1,8H2. The first-order valence-corrected chi connectivity index (χ1v) is 4.34. The fraction of sp³-hybridized carbons (Fsp3) is 0.200. The third kappa shape index (κ3) is 1.82. The number of rotatable bonds is 2. The average Bonchev–Trinajstić information content (AvgIpc) is 2.67. The molecule has 0 saturated carbocycles. The molecule has 1 saturated heterocycles. The maximum atomic E-state index is 5.56. The van der Waals surface area contributed by atoms with E-state index in [4.69, 9.17) is 9.31 Å². The predicted octanol–water partition coefficient (Wildman–Crippen LogP) is 0.983. The second-order valence-corrected chi connectivity index (χ2v) is 2.99. The molecule has 1 aliphatic rings. The third-order valence-corrected chi connectivity index (χ3v) is 2.04. The maximum Gasteiger partial charge on any atom is 0.494 e. The van der Waals surface area contributed by atoms with E-state index >= 15 is 0 Å². The highest BCUT2D eigenvalue weighted by atomic mass is 16.6. The summed E-state index contributed by atoms with van der Waals surface area (Å²) in [5.74, 6) is 0. The minimum atomic E-state index is -0.218. The van der Waals surface area contributed by atoms with Crippen LogP contribution >= 0.6 is 0 Å². The second kappa shape index (κ2) is 3.77. The molecule has 1 fully saturated rings. The fourth-order valence-corrected chi connectivity index (χ4v) is 1.33. The lowest BCUT2D eigenvalue weighted by Crippen LogP contribution is -2.31. The van der Waals surface area contributed by atoms with E-state index in [2.05, 4.69) is 6.58 Å². The molecule has 0 aromatic heterocycles. The summed E-state index contributed by atoms with van der Waals surface area (Å²) in [4.78, 5) is 0. The number of hydrogen-bond acceptors (Lipinski definition) is 2. The lowest BCUT2D eigenvalue weighted by molar-refractivity contribution is 0.289. The normalized spacial score (nSPS) is 21.8. The minimum Gasteiger partial charge on any atom is -0.404 e. The van der Waals surface area contributed by atoms with Crippen molar-refractivity contribution < 1.29 is 9.31 Å². The molecular weight excluding hydrogens is 163 g/mol. The van der Waals surface area contributed by atoms with Crippen LogP contribution in [-0.2, 0) is 9.31 Å². The maximum absolute atomic E-state index is 5.56. The van der Waals surface area contributed by atoms with Gasteiger partial charge in [-0.05, 0) is 5.46 Å². The summed E-state index contributed by atoms with van der Waals surface area (Å²) in [5, 5.41) is 0. The van der Waals surface area contributed by atoms with Crippen molar-refractivity contribution in [2.45, 2.75) is 6.10 Å². The zero-order valence-electron chi connectivity index (χ0n) is 7.35. The Morgan fingerprint density at radius 2 is 2.15 bits per heavy atom. The van der Waals surface area contributed by atoms with Gasteiger partial charge in [0.05, 0.1) is 12.7 Å². The van der Waals surface area contributed by atoms with E-state index in [0.29, 0.717) is 6.61 Å². The molecule has 0 aliphatic carbocycles. The molecular formula is C10H11BO2. The number of hydrogen-bond donors (Lipinski definition) is 0. The third-order valence-electron chi connectivity index (χ3n) is 2.04. The largest absolute Gasteiger partial charge is 0.494 e. The molecule has 3 heteroatoms. The topological polar surface area (TPSA) is 18.5 Å². The van der Waals surface area contributed by atoms with E-state index in [9.17, 15) is 0 Å². The highest BCUT2D eigenvalue weighted by Gasteiger charge is 2.30. The highest BCUT2D eigenvalue weighted by Crippen LogP contribution is 2.08. The Morgan fingerprint density at radius 1 is 1.38 bits per heavy atom. The molecule has 0 bridgehead atoms. The van der Waals surface area contributed by atoms with Gasteiger partial charge in [0, 0.05) is 0 Å². The lowest BCUT2D eigenvalue weighted by atomic mass is 9.79. The summed E-state index contributed by atoms with van der Waals surface area (Å²) in [5.41, 5.74) is 1.06. The molecule has 1 aliphatic heterocycles. The zero-order valence-corrected chi connectivity index (χ0v) is 7.35. The van der Waals surface area contributed by atoms with Crippen LogP contribution in [0.4, 0.5) is 0 Å². The molecule has 1 heterocycles. The number of benzene rings is 1. The summed E-state index contributed by atoms with van der Waals surface area (Å²) in [6.07, 6.45) is 1.80. The molecule has 0 radical (unpaired) electrons.